The van der Waals surface area contributed by atoms with E-state index >= 15 is 0 Å². The van der Waals surface area contributed by atoms with E-state index in [2.05, 4.69) is 36.2 Å². The summed E-state index contributed by atoms with van der Waals surface area (Å²) in [5, 5.41) is 7.75. The topological polar surface area (TPSA) is 85.3 Å². The lowest BCUT2D eigenvalue weighted by atomic mass is 9.80. The minimum atomic E-state index is -0.906. The number of aromatic nitrogens is 3. The molecule has 2 atom stereocenters. The summed E-state index contributed by atoms with van der Waals surface area (Å²) in [6, 6.07) is 4.27. The molecule has 0 aliphatic heterocycles. The van der Waals surface area contributed by atoms with E-state index in [1.807, 2.05) is 0 Å². The number of nitrogens with two attached hydrogens (primary N) is 1. The standard InChI is InChI=1S/C21H23F2N5O/c1-11-4-6-16(21(11,2)3)26-18-14(20(24)29)9-25-28-10-12(8-15(18)28)13-5-7-17(22)27-19(13)23/h5,7-11,16,26H,4,6H2,1-3H3,(H2,24,29)/t11?,16-/m1/s1. The van der Waals surface area contributed by atoms with Gasteiger partial charge >= 0.3 is 0 Å². The number of halogens is 2. The number of amides is 1. The number of anilines is 1. The van der Waals surface area contributed by atoms with Gasteiger partial charge in [0.2, 0.25) is 11.9 Å². The van der Waals surface area contributed by atoms with Crippen LogP contribution in [-0.2, 0) is 0 Å². The first-order valence-corrected chi connectivity index (χ1v) is 9.58. The highest BCUT2D eigenvalue weighted by Gasteiger charge is 2.41. The third-order valence-corrected chi connectivity index (χ3v) is 6.40. The van der Waals surface area contributed by atoms with Gasteiger partial charge in [0, 0.05) is 23.4 Å². The van der Waals surface area contributed by atoms with Crippen LogP contribution in [0.1, 0.15) is 44.0 Å². The van der Waals surface area contributed by atoms with Crippen LogP contribution >= 0.6 is 0 Å². The molecule has 1 unspecified atom stereocenters. The van der Waals surface area contributed by atoms with Gasteiger partial charge in [-0.2, -0.15) is 18.9 Å². The number of fused-ring (bicyclic) bond motifs is 1. The van der Waals surface area contributed by atoms with Crippen molar-refractivity contribution in [3.05, 3.63) is 48.1 Å². The maximum absolute atomic E-state index is 14.2. The first-order valence-electron chi connectivity index (χ1n) is 9.58. The minimum absolute atomic E-state index is 0.0254. The minimum Gasteiger partial charge on any atom is -0.379 e. The van der Waals surface area contributed by atoms with E-state index < -0.39 is 17.8 Å². The summed E-state index contributed by atoms with van der Waals surface area (Å²) in [4.78, 5) is 15.3. The summed E-state index contributed by atoms with van der Waals surface area (Å²) in [6.07, 6.45) is 5.07. The van der Waals surface area contributed by atoms with E-state index in [1.165, 1.54) is 12.3 Å². The van der Waals surface area contributed by atoms with Crippen molar-refractivity contribution in [2.24, 2.45) is 17.1 Å². The number of hydrogen-bond acceptors (Lipinski definition) is 4. The fraction of sp³-hybridized carbons (Fsp3) is 0.381. The molecule has 3 N–H and O–H groups in total. The van der Waals surface area contributed by atoms with Crippen LogP contribution in [-0.4, -0.2) is 26.5 Å². The molecule has 0 saturated heterocycles. The van der Waals surface area contributed by atoms with Gasteiger partial charge < -0.3 is 11.1 Å². The fourth-order valence-corrected chi connectivity index (χ4v) is 4.11. The Morgan fingerprint density at radius 1 is 1.31 bits per heavy atom. The Kier molecular flexibility index (Phi) is 4.52. The number of carbonyl (C=O) groups excluding carboxylic acids is 1. The molecule has 1 fully saturated rings. The molecule has 0 radical (unpaired) electrons. The van der Waals surface area contributed by atoms with Crippen LogP contribution in [0.3, 0.4) is 0 Å². The van der Waals surface area contributed by atoms with E-state index in [1.54, 1.807) is 16.8 Å². The van der Waals surface area contributed by atoms with Gasteiger partial charge in [-0.3, -0.25) is 4.79 Å². The van der Waals surface area contributed by atoms with Gasteiger partial charge in [0.1, 0.15) is 0 Å². The molecule has 0 bridgehead atoms. The molecule has 1 amide bonds. The predicted molar refractivity (Wildman–Crippen MR) is 106 cm³/mol. The molecule has 3 heterocycles. The van der Waals surface area contributed by atoms with E-state index in [-0.39, 0.29) is 22.6 Å². The largest absolute Gasteiger partial charge is 0.379 e. The molecule has 1 saturated carbocycles. The Morgan fingerprint density at radius 2 is 2.07 bits per heavy atom. The molecule has 6 nitrogen and oxygen atoms in total. The maximum atomic E-state index is 14.2. The average Bonchev–Trinajstić information content (AvgIpc) is 3.18. The van der Waals surface area contributed by atoms with Crippen molar-refractivity contribution in [2.45, 2.75) is 39.7 Å². The summed E-state index contributed by atoms with van der Waals surface area (Å²) in [5.74, 6) is -1.86. The van der Waals surface area contributed by atoms with Gasteiger partial charge in [-0.25, -0.2) is 4.52 Å². The fourth-order valence-electron chi connectivity index (χ4n) is 4.11. The second-order valence-electron chi connectivity index (χ2n) is 8.33. The molecular weight excluding hydrogens is 376 g/mol. The molecule has 8 heteroatoms. The quantitative estimate of drug-likeness (QED) is 0.649. The Labute approximate surface area is 167 Å². The normalized spacial score (nSPS) is 20.9. The van der Waals surface area contributed by atoms with Crippen LogP contribution in [0, 0.1) is 23.2 Å². The lowest BCUT2D eigenvalue weighted by Gasteiger charge is -2.33. The van der Waals surface area contributed by atoms with Crippen LogP contribution in [0.2, 0.25) is 0 Å². The number of pyridine rings is 1. The molecule has 152 valence electrons. The van der Waals surface area contributed by atoms with Gasteiger partial charge in [0.15, 0.2) is 0 Å². The molecule has 0 spiro atoms. The van der Waals surface area contributed by atoms with Crippen molar-refractivity contribution >= 4 is 17.1 Å². The Bertz CT molecular complexity index is 1110. The second kappa shape index (κ2) is 6.79. The summed E-state index contributed by atoms with van der Waals surface area (Å²) in [6.45, 7) is 6.63. The number of hydrogen-bond donors (Lipinski definition) is 2. The highest BCUT2D eigenvalue weighted by Crippen LogP contribution is 2.44. The van der Waals surface area contributed by atoms with Gasteiger partial charge in [0.25, 0.3) is 5.91 Å². The molecular formula is C21H23F2N5O. The van der Waals surface area contributed by atoms with Crippen LogP contribution in [0.5, 0.6) is 0 Å². The Morgan fingerprint density at radius 3 is 2.69 bits per heavy atom. The highest BCUT2D eigenvalue weighted by atomic mass is 19.1. The first-order chi connectivity index (χ1) is 13.7. The van der Waals surface area contributed by atoms with Crippen molar-refractivity contribution in [1.29, 1.82) is 0 Å². The van der Waals surface area contributed by atoms with E-state index in [9.17, 15) is 13.6 Å². The predicted octanol–water partition coefficient (Wildman–Crippen LogP) is 4.01. The summed E-state index contributed by atoms with van der Waals surface area (Å²) in [5.41, 5.74) is 7.69. The summed E-state index contributed by atoms with van der Waals surface area (Å²) < 4.78 is 28.9. The maximum Gasteiger partial charge on any atom is 0.252 e. The van der Waals surface area contributed by atoms with Crippen LogP contribution in [0.4, 0.5) is 14.5 Å². The molecule has 1 aliphatic rings. The Balaban J connectivity index is 1.84. The Hall–Kier alpha value is -3.03. The third kappa shape index (κ3) is 3.22. The SMILES string of the molecule is CC1CC[C@@H](Nc2c(C(N)=O)cnn3cc(-c4ccc(F)nc4F)cc23)C1(C)C. The van der Waals surface area contributed by atoms with Crippen molar-refractivity contribution < 1.29 is 13.6 Å². The third-order valence-electron chi connectivity index (χ3n) is 6.40. The number of primary amides is 1. The van der Waals surface area contributed by atoms with Crippen LogP contribution in [0.25, 0.3) is 16.6 Å². The van der Waals surface area contributed by atoms with Gasteiger partial charge in [0.05, 0.1) is 23.0 Å². The lowest BCUT2D eigenvalue weighted by Crippen LogP contribution is -2.35. The van der Waals surface area contributed by atoms with Crippen LogP contribution < -0.4 is 11.1 Å². The molecule has 4 rings (SSSR count). The molecule has 3 aromatic rings. The zero-order valence-electron chi connectivity index (χ0n) is 16.5. The summed E-state index contributed by atoms with van der Waals surface area (Å²) in [7, 11) is 0. The van der Waals surface area contributed by atoms with Gasteiger partial charge in [-0.05, 0) is 42.4 Å². The molecule has 29 heavy (non-hydrogen) atoms. The molecule has 0 aromatic carbocycles. The van der Waals surface area contributed by atoms with E-state index in [0.29, 0.717) is 22.7 Å². The number of carbonyl (C=O) groups is 1. The zero-order chi connectivity index (χ0) is 20.9. The highest BCUT2D eigenvalue weighted by molar-refractivity contribution is 6.02. The lowest BCUT2D eigenvalue weighted by molar-refractivity contribution is 0.100. The first kappa shape index (κ1) is 19.3. The number of nitrogens with zero attached hydrogens (tertiary/aromatic N) is 3. The average molecular weight is 399 g/mol. The van der Waals surface area contributed by atoms with Gasteiger partial charge in [-0.1, -0.05) is 20.8 Å². The van der Waals surface area contributed by atoms with Gasteiger partial charge in [-0.15, -0.1) is 0 Å². The van der Waals surface area contributed by atoms with Crippen molar-refractivity contribution in [3.8, 4) is 11.1 Å². The van der Waals surface area contributed by atoms with E-state index in [4.69, 9.17) is 5.73 Å². The van der Waals surface area contributed by atoms with E-state index in [0.717, 1.165) is 18.9 Å². The van der Waals surface area contributed by atoms with Crippen molar-refractivity contribution in [2.75, 3.05) is 5.32 Å². The van der Waals surface area contributed by atoms with Crippen molar-refractivity contribution in [1.82, 2.24) is 14.6 Å². The summed E-state index contributed by atoms with van der Waals surface area (Å²) >= 11 is 0. The smallest absolute Gasteiger partial charge is 0.252 e. The zero-order valence-corrected chi connectivity index (χ0v) is 16.5. The number of rotatable bonds is 4. The molecule has 3 aromatic heterocycles. The molecule has 1 aliphatic carbocycles. The monoisotopic (exact) mass is 399 g/mol. The second-order valence-corrected chi connectivity index (χ2v) is 8.33. The van der Waals surface area contributed by atoms with Crippen LogP contribution in [0.15, 0.2) is 30.6 Å². The number of nitrogens with one attached hydrogen (secondary N) is 1. The van der Waals surface area contributed by atoms with Crippen molar-refractivity contribution in [3.63, 3.8) is 0 Å².